The van der Waals surface area contributed by atoms with E-state index in [1.54, 1.807) is 44.7 Å². The molecule has 2 aromatic carbocycles. The topological polar surface area (TPSA) is 51.0 Å². The largest absolute Gasteiger partial charge is 0.506 e. The maximum atomic E-state index is 9.98. The number of benzene rings is 2. The molecule has 0 aliphatic rings. The highest BCUT2D eigenvalue weighted by atomic mass is 79.9. The van der Waals surface area contributed by atoms with Crippen molar-refractivity contribution in [1.82, 2.24) is 0 Å². The first kappa shape index (κ1) is 15.9. The molecule has 0 heterocycles. The van der Waals surface area contributed by atoms with E-state index < -0.39 is 0 Å². The van der Waals surface area contributed by atoms with Crippen LogP contribution in [-0.2, 0) is 0 Å². The Morgan fingerprint density at radius 3 is 2.43 bits per heavy atom. The van der Waals surface area contributed by atoms with E-state index in [9.17, 15) is 5.11 Å². The number of phenolic OH excluding ortho intramolecular Hbond substituents is 1. The lowest BCUT2D eigenvalue weighted by Gasteiger charge is -2.07. The van der Waals surface area contributed by atoms with Gasteiger partial charge in [-0.15, -0.1) is 0 Å². The molecule has 110 valence electrons. The molecule has 0 bridgehead atoms. The van der Waals surface area contributed by atoms with E-state index in [0.717, 1.165) is 4.47 Å². The Balaban J connectivity index is 2.34. The van der Waals surface area contributed by atoms with Crippen molar-refractivity contribution in [2.45, 2.75) is 0 Å². The van der Waals surface area contributed by atoms with Crippen LogP contribution in [0.1, 0.15) is 5.56 Å². The van der Waals surface area contributed by atoms with Gasteiger partial charge in [-0.05, 0) is 40.2 Å². The van der Waals surface area contributed by atoms with Crippen molar-refractivity contribution in [1.29, 1.82) is 0 Å². The number of ether oxygens (including phenoxy) is 2. The summed E-state index contributed by atoms with van der Waals surface area (Å²) in [5.74, 6) is 1.39. The van der Waals surface area contributed by atoms with Gasteiger partial charge in [0.15, 0.2) is 11.5 Å². The van der Waals surface area contributed by atoms with Crippen LogP contribution >= 0.6 is 31.9 Å². The van der Waals surface area contributed by atoms with Crippen molar-refractivity contribution < 1.29 is 14.6 Å². The number of methoxy groups -OCH3 is 2. The molecule has 0 fully saturated rings. The second kappa shape index (κ2) is 6.95. The summed E-state index contributed by atoms with van der Waals surface area (Å²) in [6, 6.07) is 8.90. The van der Waals surface area contributed by atoms with E-state index in [2.05, 4.69) is 36.9 Å². The molecule has 21 heavy (non-hydrogen) atoms. The maximum Gasteiger partial charge on any atom is 0.162 e. The fraction of sp³-hybridized carbons (Fsp3) is 0.133. The van der Waals surface area contributed by atoms with Crippen molar-refractivity contribution in [3.05, 3.63) is 44.8 Å². The molecule has 0 saturated carbocycles. The molecule has 2 rings (SSSR count). The van der Waals surface area contributed by atoms with Crippen molar-refractivity contribution in [3.63, 3.8) is 0 Å². The van der Waals surface area contributed by atoms with E-state index in [1.807, 2.05) is 6.07 Å². The molecule has 0 aliphatic heterocycles. The Hall–Kier alpha value is -1.53. The first-order valence-corrected chi connectivity index (χ1v) is 7.58. The Kier molecular flexibility index (Phi) is 5.25. The van der Waals surface area contributed by atoms with Gasteiger partial charge in [0.25, 0.3) is 0 Å². The zero-order valence-electron chi connectivity index (χ0n) is 11.4. The van der Waals surface area contributed by atoms with Crippen LogP contribution in [0.2, 0.25) is 0 Å². The quantitative estimate of drug-likeness (QED) is 0.738. The molecule has 4 nitrogen and oxygen atoms in total. The summed E-state index contributed by atoms with van der Waals surface area (Å²) < 4.78 is 11.9. The highest BCUT2D eigenvalue weighted by Crippen LogP contribution is 2.33. The van der Waals surface area contributed by atoms with Crippen LogP contribution in [0.25, 0.3) is 0 Å². The normalized spacial score (nSPS) is 10.9. The average Bonchev–Trinajstić information content (AvgIpc) is 2.49. The minimum atomic E-state index is 0.141. The summed E-state index contributed by atoms with van der Waals surface area (Å²) in [7, 11) is 3.15. The third kappa shape index (κ3) is 3.77. The maximum absolute atomic E-state index is 9.98. The van der Waals surface area contributed by atoms with Gasteiger partial charge in [-0.1, -0.05) is 15.9 Å². The molecule has 0 unspecified atom stereocenters. The first-order valence-electron chi connectivity index (χ1n) is 5.99. The zero-order valence-corrected chi connectivity index (χ0v) is 14.6. The van der Waals surface area contributed by atoms with Crippen molar-refractivity contribution >= 4 is 43.8 Å². The molecule has 0 atom stereocenters. The number of nitrogens with zero attached hydrogens (tertiary/aromatic N) is 1. The van der Waals surface area contributed by atoms with Crippen LogP contribution in [0.5, 0.6) is 17.2 Å². The Bertz CT molecular complexity index is 687. The number of aliphatic imine (C=N–C) groups is 1. The lowest BCUT2D eigenvalue weighted by atomic mass is 10.2. The van der Waals surface area contributed by atoms with Crippen molar-refractivity contribution in [2.24, 2.45) is 4.99 Å². The monoisotopic (exact) mass is 413 g/mol. The van der Waals surface area contributed by atoms with E-state index in [4.69, 9.17) is 9.47 Å². The van der Waals surface area contributed by atoms with Gasteiger partial charge in [0, 0.05) is 22.3 Å². The number of hydrogen-bond donors (Lipinski definition) is 1. The SMILES string of the molecule is COc1ccc(N=Cc2cc(Br)cc(Br)c2O)cc1OC. The van der Waals surface area contributed by atoms with Crippen molar-refractivity contribution in [2.75, 3.05) is 14.2 Å². The van der Waals surface area contributed by atoms with E-state index in [1.165, 1.54) is 0 Å². The van der Waals surface area contributed by atoms with Crippen LogP contribution in [0, 0.1) is 0 Å². The van der Waals surface area contributed by atoms with Gasteiger partial charge in [0.1, 0.15) is 5.75 Å². The second-order valence-electron chi connectivity index (χ2n) is 4.12. The number of halogens is 2. The Morgan fingerprint density at radius 1 is 1.05 bits per heavy atom. The average molecular weight is 415 g/mol. The fourth-order valence-corrected chi connectivity index (χ4v) is 2.99. The fourth-order valence-electron chi connectivity index (χ4n) is 1.73. The zero-order chi connectivity index (χ0) is 15.4. The minimum absolute atomic E-state index is 0.141. The van der Waals surface area contributed by atoms with Gasteiger partial charge in [-0.2, -0.15) is 0 Å². The molecule has 2 aromatic rings. The van der Waals surface area contributed by atoms with Gasteiger partial charge in [0.2, 0.25) is 0 Å². The summed E-state index contributed by atoms with van der Waals surface area (Å²) in [5.41, 5.74) is 1.30. The molecule has 0 amide bonds. The van der Waals surface area contributed by atoms with Crippen LogP contribution in [0.3, 0.4) is 0 Å². The lowest BCUT2D eigenvalue weighted by molar-refractivity contribution is 0.355. The number of rotatable bonds is 4. The molecule has 0 spiro atoms. The number of phenols is 1. The lowest BCUT2D eigenvalue weighted by Crippen LogP contribution is -1.89. The second-order valence-corrected chi connectivity index (χ2v) is 5.89. The molecular weight excluding hydrogens is 402 g/mol. The van der Waals surface area contributed by atoms with Crippen LogP contribution in [0.15, 0.2) is 44.3 Å². The Morgan fingerprint density at radius 2 is 1.76 bits per heavy atom. The smallest absolute Gasteiger partial charge is 0.162 e. The summed E-state index contributed by atoms with van der Waals surface area (Å²) in [6.07, 6.45) is 1.59. The molecule has 0 radical (unpaired) electrons. The first-order chi connectivity index (χ1) is 10.0. The minimum Gasteiger partial charge on any atom is -0.506 e. The van der Waals surface area contributed by atoms with Gasteiger partial charge in [-0.25, -0.2) is 0 Å². The van der Waals surface area contributed by atoms with Crippen LogP contribution in [0.4, 0.5) is 5.69 Å². The van der Waals surface area contributed by atoms with Crippen LogP contribution < -0.4 is 9.47 Å². The summed E-state index contributed by atoms with van der Waals surface area (Å²) in [6.45, 7) is 0. The van der Waals surface area contributed by atoms with E-state index >= 15 is 0 Å². The summed E-state index contributed by atoms with van der Waals surface area (Å²) in [4.78, 5) is 4.34. The predicted octanol–water partition coefficient (Wildman–Crippen LogP) is 4.69. The highest BCUT2D eigenvalue weighted by Gasteiger charge is 2.06. The highest BCUT2D eigenvalue weighted by molar-refractivity contribution is 9.11. The summed E-state index contributed by atoms with van der Waals surface area (Å²) in [5, 5.41) is 9.98. The van der Waals surface area contributed by atoms with E-state index in [0.29, 0.717) is 27.2 Å². The molecule has 0 aromatic heterocycles. The molecular formula is C15H13Br2NO3. The molecule has 1 N–H and O–H groups in total. The predicted molar refractivity (Wildman–Crippen MR) is 90.3 cm³/mol. The van der Waals surface area contributed by atoms with Gasteiger partial charge in [-0.3, -0.25) is 4.99 Å². The third-order valence-electron chi connectivity index (χ3n) is 2.78. The van der Waals surface area contributed by atoms with Crippen LogP contribution in [-0.4, -0.2) is 25.5 Å². The number of aromatic hydroxyl groups is 1. The van der Waals surface area contributed by atoms with Gasteiger partial charge >= 0.3 is 0 Å². The third-order valence-corrected chi connectivity index (χ3v) is 3.84. The summed E-state index contributed by atoms with van der Waals surface area (Å²) >= 11 is 6.66. The Labute approximate surface area is 139 Å². The van der Waals surface area contributed by atoms with Gasteiger partial charge in [0.05, 0.1) is 24.4 Å². The van der Waals surface area contributed by atoms with E-state index in [-0.39, 0.29) is 5.75 Å². The number of hydrogen-bond acceptors (Lipinski definition) is 4. The standard InChI is InChI=1S/C15H13Br2NO3/c1-20-13-4-3-11(7-14(13)21-2)18-8-9-5-10(16)6-12(17)15(9)19/h3-8,19H,1-2H3. The van der Waals surface area contributed by atoms with Gasteiger partial charge < -0.3 is 14.6 Å². The molecule has 0 saturated heterocycles. The van der Waals surface area contributed by atoms with Crippen molar-refractivity contribution in [3.8, 4) is 17.2 Å². The molecule has 0 aliphatic carbocycles. The molecule has 6 heteroatoms.